The van der Waals surface area contributed by atoms with Crippen molar-refractivity contribution in [3.63, 3.8) is 0 Å². The third-order valence-electron chi connectivity index (χ3n) is 3.45. The molecule has 0 radical (unpaired) electrons. The molecule has 0 amide bonds. The van der Waals surface area contributed by atoms with Crippen LogP contribution in [0.4, 0.5) is 11.8 Å². The average molecular weight is 262 g/mol. The highest BCUT2D eigenvalue weighted by atomic mass is 32.1. The second-order valence-corrected chi connectivity index (χ2v) is 6.37. The van der Waals surface area contributed by atoms with Crippen molar-refractivity contribution < 1.29 is 0 Å². The van der Waals surface area contributed by atoms with Crippen molar-refractivity contribution in [1.82, 2.24) is 9.97 Å². The van der Waals surface area contributed by atoms with Gasteiger partial charge in [-0.3, -0.25) is 0 Å². The minimum atomic E-state index is 0.572. The number of aryl methyl sites for hydroxylation is 1. The number of anilines is 2. The van der Waals surface area contributed by atoms with Crippen molar-refractivity contribution in [2.75, 3.05) is 17.7 Å². The maximum Gasteiger partial charge on any atom is 0.225 e. The fourth-order valence-corrected chi connectivity index (χ4v) is 3.36. The Labute approximate surface area is 111 Å². The number of aromatic nitrogens is 2. The van der Waals surface area contributed by atoms with Gasteiger partial charge >= 0.3 is 0 Å². The van der Waals surface area contributed by atoms with Gasteiger partial charge in [-0.05, 0) is 31.7 Å². The first-order valence-electron chi connectivity index (χ1n) is 6.38. The number of thiophene rings is 1. The van der Waals surface area contributed by atoms with E-state index >= 15 is 0 Å². The first kappa shape index (κ1) is 11.7. The van der Waals surface area contributed by atoms with Gasteiger partial charge in [0.05, 0.1) is 5.39 Å². The number of hydrogen-bond donors (Lipinski definition) is 2. The van der Waals surface area contributed by atoms with Gasteiger partial charge < -0.3 is 10.6 Å². The summed E-state index contributed by atoms with van der Waals surface area (Å²) in [6, 6.07) is 2.74. The molecule has 0 spiro atoms. The minimum absolute atomic E-state index is 0.572. The number of nitrogens with one attached hydrogen (secondary N) is 2. The van der Waals surface area contributed by atoms with Crippen LogP contribution in [0.15, 0.2) is 6.07 Å². The summed E-state index contributed by atoms with van der Waals surface area (Å²) in [5.74, 6) is 2.51. The van der Waals surface area contributed by atoms with Gasteiger partial charge in [-0.25, -0.2) is 4.98 Å². The van der Waals surface area contributed by atoms with Crippen LogP contribution in [0.3, 0.4) is 0 Å². The summed E-state index contributed by atoms with van der Waals surface area (Å²) in [5.41, 5.74) is 0. The molecule has 1 fully saturated rings. The summed E-state index contributed by atoms with van der Waals surface area (Å²) in [6.07, 6.45) is 2.48. The van der Waals surface area contributed by atoms with Crippen molar-refractivity contribution >= 4 is 33.3 Å². The van der Waals surface area contributed by atoms with Crippen LogP contribution in [0.5, 0.6) is 0 Å². The van der Waals surface area contributed by atoms with E-state index in [0.29, 0.717) is 12.0 Å². The number of fused-ring (bicyclic) bond motifs is 1. The van der Waals surface area contributed by atoms with E-state index in [0.717, 1.165) is 22.0 Å². The molecule has 0 aliphatic heterocycles. The second-order valence-electron chi connectivity index (χ2n) is 5.14. The fourth-order valence-electron chi connectivity index (χ4n) is 2.48. The highest BCUT2D eigenvalue weighted by molar-refractivity contribution is 7.18. The van der Waals surface area contributed by atoms with Crippen molar-refractivity contribution in [2.45, 2.75) is 32.7 Å². The second kappa shape index (κ2) is 4.39. The molecule has 3 rings (SSSR count). The van der Waals surface area contributed by atoms with E-state index in [2.05, 4.69) is 40.5 Å². The van der Waals surface area contributed by atoms with Gasteiger partial charge in [0, 0.05) is 18.0 Å². The van der Waals surface area contributed by atoms with Gasteiger partial charge in [-0.2, -0.15) is 4.98 Å². The number of rotatable bonds is 3. The molecule has 0 unspecified atom stereocenters. The Morgan fingerprint density at radius 3 is 2.78 bits per heavy atom. The standard InChI is InChI=1S/C13H18N4S/c1-7-4-9(5-7)15-11-10-6-8(2)18-12(10)17-13(14-3)16-11/h6-7,9H,4-5H2,1-3H3,(H2,14,15,16,17). The van der Waals surface area contributed by atoms with E-state index in [4.69, 9.17) is 0 Å². The summed E-state index contributed by atoms with van der Waals surface area (Å²) < 4.78 is 0. The molecule has 0 bridgehead atoms. The summed E-state index contributed by atoms with van der Waals surface area (Å²) in [5, 5.41) is 7.74. The quantitative estimate of drug-likeness (QED) is 0.891. The van der Waals surface area contributed by atoms with Gasteiger partial charge in [0.2, 0.25) is 5.95 Å². The van der Waals surface area contributed by atoms with Crippen LogP contribution in [-0.2, 0) is 0 Å². The highest BCUT2D eigenvalue weighted by Gasteiger charge is 2.26. The molecular weight excluding hydrogens is 244 g/mol. The zero-order chi connectivity index (χ0) is 12.7. The zero-order valence-corrected chi connectivity index (χ0v) is 11.8. The molecule has 2 aromatic heterocycles. The Balaban J connectivity index is 1.97. The summed E-state index contributed by atoms with van der Waals surface area (Å²) in [4.78, 5) is 11.4. The maximum absolute atomic E-state index is 4.55. The summed E-state index contributed by atoms with van der Waals surface area (Å²) >= 11 is 1.72. The van der Waals surface area contributed by atoms with Crippen LogP contribution < -0.4 is 10.6 Å². The van der Waals surface area contributed by atoms with E-state index in [1.54, 1.807) is 11.3 Å². The van der Waals surface area contributed by atoms with E-state index < -0.39 is 0 Å². The smallest absolute Gasteiger partial charge is 0.225 e. The van der Waals surface area contributed by atoms with E-state index in [1.165, 1.54) is 17.7 Å². The predicted octanol–water partition coefficient (Wildman–Crippen LogP) is 3.25. The van der Waals surface area contributed by atoms with Crippen molar-refractivity contribution in [3.8, 4) is 0 Å². The van der Waals surface area contributed by atoms with Crippen LogP contribution >= 0.6 is 11.3 Å². The molecule has 2 aromatic rings. The van der Waals surface area contributed by atoms with E-state index in [9.17, 15) is 0 Å². The lowest BCUT2D eigenvalue weighted by Gasteiger charge is -2.33. The molecular formula is C13H18N4S. The zero-order valence-electron chi connectivity index (χ0n) is 10.9. The normalized spacial score (nSPS) is 22.8. The number of nitrogens with zero attached hydrogens (tertiary/aromatic N) is 2. The van der Waals surface area contributed by atoms with Gasteiger partial charge in [0.25, 0.3) is 0 Å². The van der Waals surface area contributed by atoms with Gasteiger partial charge in [-0.15, -0.1) is 11.3 Å². The lowest BCUT2D eigenvalue weighted by molar-refractivity contribution is 0.309. The highest BCUT2D eigenvalue weighted by Crippen LogP contribution is 2.34. The fraction of sp³-hybridized carbons (Fsp3) is 0.538. The first-order chi connectivity index (χ1) is 8.65. The Bertz CT molecular complexity index is 572. The van der Waals surface area contributed by atoms with Crippen molar-refractivity contribution in [1.29, 1.82) is 0 Å². The SMILES string of the molecule is CNc1nc(NC2CC(C)C2)c2cc(C)sc2n1. The minimum Gasteiger partial charge on any atom is -0.367 e. The molecule has 1 saturated carbocycles. The first-order valence-corrected chi connectivity index (χ1v) is 7.20. The van der Waals surface area contributed by atoms with Crippen LogP contribution in [-0.4, -0.2) is 23.1 Å². The van der Waals surface area contributed by atoms with Crippen molar-refractivity contribution in [3.05, 3.63) is 10.9 Å². The van der Waals surface area contributed by atoms with Gasteiger partial charge in [-0.1, -0.05) is 6.92 Å². The van der Waals surface area contributed by atoms with Gasteiger partial charge in [0.1, 0.15) is 10.6 Å². The summed E-state index contributed by atoms with van der Waals surface area (Å²) in [6.45, 7) is 4.40. The molecule has 1 aliphatic carbocycles. The Morgan fingerprint density at radius 1 is 1.33 bits per heavy atom. The lowest BCUT2D eigenvalue weighted by atomic mass is 9.82. The molecule has 2 N–H and O–H groups in total. The van der Waals surface area contributed by atoms with Crippen LogP contribution in [0, 0.1) is 12.8 Å². The lowest BCUT2D eigenvalue weighted by Crippen LogP contribution is -2.34. The van der Waals surface area contributed by atoms with Crippen LogP contribution in [0.2, 0.25) is 0 Å². The molecule has 96 valence electrons. The molecule has 1 aliphatic rings. The van der Waals surface area contributed by atoms with E-state index in [1.807, 2.05) is 7.05 Å². The Morgan fingerprint density at radius 2 is 2.11 bits per heavy atom. The Kier molecular flexibility index (Phi) is 2.86. The van der Waals surface area contributed by atoms with E-state index in [-0.39, 0.29) is 0 Å². The van der Waals surface area contributed by atoms with Gasteiger partial charge in [0.15, 0.2) is 0 Å². The number of hydrogen-bond acceptors (Lipinski definition) is 5. The molecule has 18 heavy (non-hydrogen) atoms. The molecule has 0 aromatic carbocycles. The van der Waals surface area contributed by atoms with Crippen LogP contribution in [0.25, 0.3) is 10.2 Å². The summed E-state index contributed by atoms with van der Waals surface area (Å²) in [7, 11) is 1.86. The maximum atomic E-state index is 4.55. The van der Waals surface area contributed by atoms with Crippen molar-refractivity contribution in [2.24, 2.45) is 5.92 Å². The largest absolute Gasteiger partial charge is 0.367 e. The predicted molar refractivity (Wildman–Crippen MR) is 77.5 cm³/mol. The molecule has 2 heterocycles. The molecule has 0 saturated heterocycles. The third kappa shape index (κ3) is 2.03. The van der Waals surface area contributed by atoms with Crippen LogP contribution in [0.1, 0.15) is 24.6 Å². The monoisotopic (exact) mass is 262 g/mol. The topological polar surface area (TPSA) is 49.8 Å². The third-order valence-corrected chi connectivity index (χ3v) is 4.40. The Hall–Kier alpha value is -1.36. The average Bonchev–Trinajstić information content (AvgIpc) is 2.67. The molecule has 0 atom stereocenters. The molecule has 4 nitrogen and oxygen atoms in total. The molecule has 5 heteroatoms.